The second kappa shape index (κ2) is 5.11. The first-order chi connectivity index (χ1) is 8.06. The third kappa shape index (κ3) is 2.74. The van der Waals surface area contributed by atoms with Crippen LogP contribution in [0.25, 0.3) is 0 Å². The first-order valence-corrected chi connectivity index (χ1v) is 7.71. The van der Waals surface area contributed by atoms with Crippen molar-refractivity contribution in [2.75, 3.05) is 6.54 Å². The number of hydrogen-bond acceptors (Lipinski definition) is 2. The quantitative estimate of drug-likeness (QED) is 0.889. The van der Waals surface area contributed by atoms with E-state index in [1.54, 1.807) is 0 Å². The van der Waals surface area contributed by atoms with Gasteiger partial charge in [-0.3, -0.25) is 4.79 Å². The van der Waals surface area contributed by atoms with Crippen molar-refractivity contribution in [3.63, 3.8) is 0 Å². The van der Waals surface area contributed by atoms with Crippen molar-refractivity contribution >= 4 is 33.2 Å². The molecule has 1 N–H and O–H groups in total. The van der Waals surface area contributed by atoms with E-state index in [1.165, 1.54) is 37.0 Å². The van der Waals surface area contributed by atoms with Gasteiger partial charge in [0.2, 0.25) is 0 Å². The first kappa shape index (κ1) is 13.1. The Morgan fingerprint density at radius 2 is 2.29 bits per heavy atom. The molecule has 1 fully saturated rings. The molecular weight excluding hydrogens is 298 g/mol. The van der Waals surface area contributed by atoms with Crippen LogP contribution in [0.3, 0.4) is 0 Å². The fourth-order valence-corrected chi connectivity index (χ4v) is 3.71. The Hall–Kier alpha value is -0.350. The summed E-state index contributed by atoms with van der Waals surface area (Å²) in [6.45, 7) is 5.06. The highest BCUT2D eigenvalue weighted by atomic mass is 79.9. The first-order valence-electron chi connectivity index (χ1n) is 6.10. The summed E-state index contributed by atoms with van der Waals surface area (Å²) in [5.41, 5.74) is 1.52. The summed E-state index contributed by atoms with van der Waals surface area (Å²) in [4.78, 5) is 12.8. The van der Waals surface area contributed by atoms with Gasteiger partial charge in [-0.15, -0.1) is 11.3 Å². The van der Waals surface area contributed by atoms with E-state index in [0.29, 0.717) is 5.41 Å². The summed E-state index contributed by atoms with van der Waals surface area (Å²) >= 11 is 4.96. The lowest BCUT2D eigenvalue weighted by Gasteiger charge is -2.41. The lowest BCUT2D eigenvalue weighted by Crippen LogP contribution is -2.41. The topological polar surface area (TPSA) is 29.1 Å². The lowest BCUT2D eigenvalue weighted by atomic mass is 9.67. The van der Waals surface area contributed by atoms with Gasteiger partial charge in [-0.05, 0) is 59.2 Å². The van der Waals surface area contributed by atoms with Crippen molar-refractivity contribution in [1.82, 2.24) is 5.32 Å². The van der Waals surface area contributed by atoms with E-state index in [2.05, 4.69) is 28.2 Å². The summed E-state index contributed by atoms with van der Waals surface area (Å²) < 4.78 is 1.05. The van der Waals surface area contributed by atoms with Crippen LogP contribution in [0.15, 0.2) is 9.85 Å². The standard InChI is InChI=1S/C13H18BrNOS/c1-3-13(5-4-6-13)8-15-12(16)10-7-9(2)11(14)17-10/h7H,3-6,8H2,1-2H3,(H,15,16). The number of amides is 1. The Labute approximate surface area is 115 Å². The number of thiophene rings is 1. The minimum absolute atomic E-state index is 0.0727. The van der Waals surface area contributed by atoms with Crippen molar-refractivity contribution in [3.8, 4) is 0 Å². The van der Waals surface area contributed by atoms with Gasteiger partial charge in [0.25, 0.3) is 5.91 Å². The molecule has 0 radical (unpaired) electrons. The molecule has 1 heterocycles. The maximum Gasteiger partial charge on any atom is 0.261 e. The lowest BCUT2D eigenvalue weighted by molar-refractivity contribution is 0.0853. The molecule has 1 aromatic rings. The molecule has 0 aliphatic heterocycles. The van der Waals surface area contributed by atoms with Crippen molar-refractivity contribution in [2.24, 2.45) is 5.41 Å². The molecule has 4 heteroatoms. The zero-order valence-electron chi connectivity index (χ0n) is 10.3. The van der Waals surface area contributed by atoms with Crippen LogP contribution in [0.1, 0.15) is 47.8 Å². The average molecular weight is 316 g/mol. The van der Waals surface area contributed by atoms with E-state index in [4.69, 9.17) is 0 Å². The molecule has 1 saturated carbocycles. The number of carbonyl (C=O) groups is 1. The molecule has 94 valence electrons. The molecule has 2 nitrogen and oxygen atoms in total. The smallest absolute Gasteiger partial charge is 0.261 e. The Kier molecular flexibility index (Phi) is 3.93. The number of rotatable bonds is 4. The predicted molar refractivity (Wildman–Crippen MR) is 75.7 cm³/mol. The van der Waals surface area contributed by atoms with E-state index < -0.39 is 0 Å². The third-order valence-corrected chi connectivity index (χ3v) is 6.00. The fraction of sp³-hybridized carbons (Fsp3) is 0.615. The molecule has 1 aliphatic rings. The Bertz CT molecular complexity index is 398. The molecular formula is C13H18BrNOS. The maximum atomic E-state index is 12.0. The normalized spacial score (nSPS) is 17.6. The Morgan fingerprint density at radius 3 is 2.71 bits per heavy atom. The summed E-state index contributed by atoms with van der Waals surface area (Å²) in [6.07, 6.45) is 5.00. The minimum Gasteiger partial charge on any atom is -0.351 e. The third-order valence-electron chi connectivity index (χ3n) is 3.87. The van der Waals surface area contributed by atoms with Crippen LogP contribution in [0.4, 0.5) is 0 Å². The average Bonchev–Trinajstić information content (AvgIpc) is 2.58. The molecule has 1 amide bonds. The van der Waals surface area contributed by atoms with E-state index in [1.807, 2.05) is 13.0 Å². The molecule has 0 bridgehead atoms. The van der Waals surface area contributed by atoms with Gasteiger partial charge in [-0.1, -0.05) is 13.3 Å². The summed E-state index contributed by atoms with van der Waals surface area (Å²) in [7, 11) is 0. The highest BCUT2D eigenvalue weighted by molar-refractivity contribution is 9.11. The molecule has 2 rings (SSSR count). The Morgan fingerprint density at radius 1 is 1.59 bits per heavy atom. The molecule has 0 spiro atoms. The Balaban J connectivity index is 1.93. The molecule has 0 unspecified atom stereocenters. The monoisotopic (exact) mass is 315 g/mol. The van der Waals surface area contributed by atoms with E-state index in [0.717, 1.165) is 20.8 Å². The summed E-state index contributed by atoms with van der Waals surface area (Å²) in [6, 6.07) is 1.95. The van der Waals surface area contributed by atoms with Crippen LogP contribution in [0.2, 0.25) is 0 Å². The van der Waals surface area contributed by atoms with Gasteiger partial charge >= 0.3 is 0 Å². The SMILES string of the molecule is CCC1(CNC(=O)c2cc(C)c(Br)s2)CCC1. The van der Waals surface area contributed by atoms with Gasteiger partial charge in [0.1, 0.15) is 0 Å². The van der Waals surface area contributed by atoms with E-state index >= 15 is 0 Å². The van der Waals surface area contributed by atoms with Gasteiger partial charge in [0.05, 0.1) is 8.66 Å². The number of nitrogens with one attached hydrogen (secondary N) is 1. The minimum atomic E-state index is 0.0727. The van der Waals surface area contributed by atoms with E-state index in [9.17, 15) is 4.79 Å². The largest absolute Gasteiger partial charge is 0.351 e. The molecule has 1 aliphatic carbocycles. The van der Waals surface area contributed by atoms with Gasteiger partial charge < -0.3 is 5.32 Å². The van der Waals surface area contributed by atoms with Crippen molar-refractivity contribution < 1.29 is 4.79 Å². The zero-order chi connectivity index (χ0) is 12.5. The van der Waals surface area contributed by atoms with Gasteiger partial charge in [-0.25, -0.2) is 0 Å². The van der Waals surface area contributed by atoms with Crippen molar-refractivity contribution in [1.29, 1.82) is 0 Å². The van der Waals surface area contributed by atoms with Crippen LogP contribution in [0, 0.1) is 12.3 Å². The summed E-state index contributed by atoms with van der Waals surface area (Å²) in [5, 5.41) is 3.08. The second-order valence-electron chi connectivity index (χ2n) is 4.96. The molecule has 1 aromatic heterocycles. The second-order valence-corrected chi connectivity index (χ2v) is 7.33. The number of hydrogen-bond donors (Lipinski definition) is 1. The van der Waals surface area contributed by atoms with Gasteiger partial charge in [0.15, 0.2) is 0 Å². The highest BCUT2D eigenvalue weighted by Gasteiger charge is 2.35. The molecule has 0 aromatic carbocycles. The van der Waals surface area contributed by atoms with E-state index in [-0.39, 0.29) is 5.91 Å². The van der Waals surface area contributed by atoms with Crippen molar-refractivity contribution in [3.05, 3.63) is 20.3 Å². The molecule has 17 heavy (non-hydrogen) atoms. The molecule has 0 atom stereocenters. The van der Waals surface area contributed by atoms with Gasteiger partial charge in [-0.2, -0.15) is 0 Å². The van der Waals surface area contributed by atoms with Crippen LogP contribution in [0.5, 0.6) is 0 Å². The van der Waals surface area contributed by atoms with Gasteiger partial charge in [0, 0.05) is 6.54 Å². The summed E-state index contributed by atoms with van der Waals surface area (Å²) in [5.74, 6) is 0.0727. The zero-order valence-corrected chi connectivity index (χ0v) is 12.7. The number of halogens is 1. The van der Waals surface area contributed by atoms with Crippen molar-refractivity contribution in [2.45, 2.75) is 39.5 Å². The number of aryl methyl sites for hydroxylation is 1. The van der Waals surface area contributed by atoms with Crippen LogP contribution in [-0.4, -0.2) is 12.5 Å². The van der Waals surface area contributed by atoms with Crippen LogP contribution < -0.4 is 5.32 Å². The molecule has 0 saturated heterocycles. The fourth-order valence-electron chi connectivity index (χ4n) is 2.26. The maximum absolute atomic E-state index is 12.0. The predicted octanol–water partition coefficient (Wildman–Crippen LogP) is 4.13. The highest BCUT2D eigenvalue weighted by Crippen LogP contribution is 2.43. The van der Waals surface area contributed by atoms with Crippen LogP contribution >= 0.6 is 27.3 Å². The number of carbonyl (C=O) groups excluding carboxylic acids is 1. The van der Waals surface area contributed by atoms with Crippen LogP contribution in [-0.2, 0) is 0 Å².